The summed E-state index contributed by atoms with van der Waals surface area (Å²) in [6.45, 7) is -0.0372. The van der Waals surface area contributed by atoms with Crippen LogP contribution in [0.5, 0.6) is 0 Å². The van der Waals surface area contributed by atoms with Crippen LogP contribution in [0, 0.1) is 5.82 Å². The third kappa shape index (κ3) is 3.64. The van der Waals surface area contributed by atoms with Gasteiger partial charge in [0.15, 0.2) is 0 Å². The van der Waals surface area contributed by atoms with Crippen LogP contribution in [-0.2, 0) is 11.3 Å². The first-order valence-electron chi connectivity index (χ1n) is 6.66. The van der Waals surface area contributed by atoms with Gasteiger partial charge in [-0.25, -0.2) is 14.0 Å². The predicted molar refractivity (Wildman–Crippen MR) is 75.6 cm³/mol. The molecule has 0 spiro atoms. The van der Waals surface area contributed by atoms with Crippen LogP contribution in [0.25, 0.3) is 0 Å². The van der Waals surface area contributed by atoms with Gasteiger partial charge in [-0.1, -0.05) is 30.5 Å². The number of hydrogen-bond donors (Lipinski definition) is 3. The van der Waals surface area contributed by atoms with Crippen LogP contribution in [0.2, 0.25) is 5.02 Å². The molecule has 0 atom stereocenters. The van der Waals surface area contributed by atoms with Crippen molar-refractivity contribution >= 4 is 23.6 Å². The highest BCUT2D eigenvalue weighted by molar-refractivity contribution is 6.30. The lowest BCUT2D eigenvalue weighted by atomic mass is 9.98. The van der Waals surface area contributed by atoms with Crippen molar-refractivity contribution in [3.63, 3.8) is 0 Å². The molecule has 1 aliphatic rings. The highest BCUT2D eigenvalue weighted by Gasteiger charge is 2.42. The Hall–Kier alpha value is -1.82. The average Bonchev–Trinajstić information content (AvgIpc) is 2.87. The molecule has 2 rings (SSSR count). The monoisotopic (exact) mass is 314 g/mol. The van der Waals surface area contributed by atoms with Crippen molar-refractivity contribution in [3.05, 3.63) is 34.6 Å². The number of hydrogen-bond acceptors (Lipinski definition) is 2. The fraction of sp³-hybridized carbons (Fsp3) is 0.429. The van der Waals surface area contributed by atoms with Crippen LogP contribution in [0.3, 0.4) is 0 Å². The van der Waals surface area contributed by atoms with E-state index in [0.29, 0.717) is 12.8 Å². The average molecular weight is 315 g/mol. The first-order valence-corrected chi connectivity index (χ1v) is 7.04. The molecule has 0 bridgehead atoms. The van der Waals surface area contributed by atoms with Gasteiger partial charge in [-0.05, 0) is 25.0 Å². The van der Waals surface area contributed by atoms with Gasteiger partial charge < -0.3 is 15.7 Å². The number of amides is 2. The maximum absolute atomic E-state index is 13.6. The Morgan fingerprint density at radius 2 is 2.00 bits per heavy atom. The quantitative estimate of drug-likeness (QED) is 0.799. The van der Waals surface area contributed by atoms with Crippen molar-refractivity contribution < 1.29 is 19.1 Å². The second-order valence-corrected chi connectivity index (χ2v) is 5.57. The SMILES string of the molecule is O=C(NCc1ccc(Cl)cc1F)NC1(C(=O)O)CCCC1. The summed E-state index contributed by atoms with van der Waals surface area (Å²) < 4.78 is 13.6. The number of carbonyl (C=O) groups is 2. The summed E-state index contributed by atoms with van der Waals surface area (Å²) in [6.07, 6.45) is 2.34. The number of carboxylic acids is 1. The van der Waals surface area contributed by atoms with Crippen molar-refractivity contribution in [1.82, 2.24) is 10.6 Å². The highest BCUT2D eigenvalue weighted by atomic mass is 35.5. The number of halogens is 2. The van der Waals surface area contributed by atoms with Crippen LogP contribution < -0.4 is 10.6 Å². The minimum Gasteiger partial charge on any atom is -0.480 e. The minimum atomic E-state index is -1.21. The molecule has 5 nitrogen and oxygen atoms in total. The summed E-state index contributed by atoms with van der Waals surface area (Å²) in [5.74, 6) is -1.55. The van der Waals surface area contributed by atoms with Crippen molar-refractivity contribution in [2.75, 3.05) is 0 Å². The molecule has 1 aromatic carbocycles. The number of carbonyl (C=O) groups excluding carboxylic acids is 1. The van der Waals surface area contributed by atoms with Crippen LogP contribution in [0.4, 0.5) is 9.18 Å². The summed E-state index contributed by atoms with van der Waals surface area (Å²) >= 11 is 5.64. The maximum atomic E-state index is 13.6. The van der Waals surface area contributed by atoms with E-state index in [-0.39, 0.29) is 17.1 Å². The molecule has 0 heterocycles. The Morgan fingerprint density at radius 3 is 2.57 bits per heavy atom. The summed E-state index contributed by atoms with van der Waals surface area (Å²) in [6, 6.07) is 3.54. The Kier molecular flexibility index (Phi) is 4.67. The van der Waals surface area contributed by atoms with Crippen LogP contribution >= 0.6 is 11.6 Å². The van der Waals surface area contributed by atoms with Gasteiger partial charge in [0, 0.05) is 17.1 Å². The Balaban J connectivity index is 1.94. The van der Waals surface area contributed by atoms with Gasteiger partial charge in [-0.2, -0.15) is 0 Å². The number of rotatable bonds is 4. The molecule has 21 heavy (non-hydrogen) atoms. The summed E-state index contributed by atoms with van der Waals surface area (Å²) in [5, 5.41) is 14.5. The van der Waals surface area contributed by atoms with E-state index in [1.54, 1.807) is 0 Å². The fourth-order valence-corrected chi connectivity index (χ4v) is 2.63. The predicted octanol–water partition coefficient (Wildman–Crippen LogP) is 2.68. The summed E-state index contributed by atoms with van der Waals surface area (Å²) in [4.78, 5) is 23.1. The van der Waals surface area contributed by atoms with Gasteiger partial charge in [0.2, 0.25) is 0 Å². The summed E-state index contributed by atoms with van der Waals surface area (Å²) in [7, 11) is 0. The lowest BCUT2D eigenvalue weighted by Crippen LogP contribution is -2.55. The molecule has 114 valence electrons. The third-order valence-electron chi connectivity index (χ3n) is 3.67. The van der Waals surface area contributed by atoms with E-state index in [9.17, 15) is 19.1 Å². The van der Waals surface area contributed by atoms with E-state index in [1.807, 2.05) is 0 Å². The molecule has 1 fully saturated rings. The fourth-order valence-electron chi connectivity index (χ4n) is 2.47. The van der Waals surface area contributed by atoms with Crippen LogP contribution in [0.15, 0.2) is 18.2 Å². The number of carboxylic acid groups (broad SMARTS) is 1. The Morgan fingerprint density at radius 1 is 1.33 bits per heavy atom. The molecule has 0 radical (unpaired) electrons. The van der Waals surface area contributed by atoms with Crippen molar-refractivity contribution in [2.45, 2.75) is 37.8 Å². The van der Waals surface area contributed by atoms with E-state index in [1.165, 1.54) is 12.1 Å². The lowest BCUT2D eigenvalue weighted by Gasteiger charge is -2.25. The molecule has 0 saturated heterocycles. The largest absolute Gasteiger partial charge is 0.480 e. The van der Waals surface area contributed by atoms with Crippen LogP contribution in [-0.4, -0.2) is 22.6 Å². The van der Waals surface area contributed by atoms with E-state index in [4.69, 9.17) is 11.6 Å². The minimum absolute atomic E-state index is 0.0372. The van der Waals surface area contributed by atoms with E-state index >= 15 is 0 Å². The van der Waals surface area contributed by atoms with E-state index in [0.717, 1.165) is 18.9 Å². The molecule has 1 saturated carbocycles. The third-order valence-corrected chi connectivity index (χ3v) is 3.91. The second kappa shape index (κ2) is 6.30. The Labute approximate surface area is 126 Å². The molecular formula is C14H16ClFN2O3. The van der Waals surface area contributed by atoms with Crippen molar-refractivity contribution in [1.29, 1.82) is 0 Å². The first-order chi connectivity index (χ1) is 9.93. The molecular weight excluding hydrogens is 299 g/mol. The molecule has 0 aromatic heterocycles. The van der Waals surface area contributed by atoms with Gasteiger partial charge in [0.25, 0.3) is 0 Å². The molecule has 2 amide bonds. The number of urea groups is 1. The zero-order valence-electron chi connectivity index (χ0n) is 11.3. The first kappa shape index (κ1) is 15.6. The number of nitrogens with one attached hydrogen (secondary N) is 2. The molecule has 7 heteroatoms. The zero-order chi connectivity index (χ0) is 15.5. The van der Waals surface area contributed by atoms with E-state index in [2.05, 4.69) is 10.6 Å². The highest BCUT2D eigenvalue weighted by Crippen LogP contribution is 2.29. The Bertz CT molecular complexity index is 559. The number of aliphatic carboxylic acids is 1. The molecule has 0 unspecified atom stereocenters. The molecule has 0 aliphatic heterocycles. The van der Waals surface area contributed by atoms with Gasteiger partial charge in [-0.3, -0.25) is 0 Å². The van der Waals surface area contributed by atoms with E-state index < -0.39 is 23.4 Å². The van der Waals surface area contributed by atoms with Gasteiger partial charge in [0.1, 0.15) is 11.4 Å². The zero-order valence-corrected chi connectivity index (χ0v) is 12.0. The smallest absolute Gasteiger partial charge is 0.329 e. The normalized spacial score (nSPS) is 16.5. The standard InChI is InChI=1S/C14H16ClFN2O3/c15-10-4-3-9(11(16)7-10)8-17-13(21)18-14(12(19)20)5-1-2-6-14/h3-4,7H,1-2,5-6,8H2,(H,19,20)(H2,17,18,21). The molecule has 3 N–H and O–H groups in total. The topological polar surface area (TPSA) is 78.4 Å². The van der Waals surface area contributed by atoms with Gasteiger partial charge in [0.05, 0.1) is 0 Å². The van der Waals surface area contributed by atoms with Gasteiger partial charge >= 0.3 is 12.0 Å². The maximum Gasteiger partial charge on any atom is 0.329 e. The number of benzene rings is 1. The van der Waals surface area contributed by atoms with Crippen molar-refractivity contribution in [2.24, 2.45) is 0 Å². The second-order valence-electron chi connectivity index (χ2n) is 5.14. The van der Waals surface area contributed by atoms with Gasteiger partial charge in [-0.15, -0.1) is 0 Å². The summed E-state index contributed by atoms with van der Waals surface area (Å²) in [5.41, 5.74) is -0.923. The lowest BCUT2D eigenvalue weighted by molar-refractivity contribution is -0.144. The molecule has 1 aromatic rings. The van der Waals surface area contributed by atoms with Crippen molar-refractivity contribution in [3.8, 4) is 0 Å². The van der Waals surface area contributed by atoms with Crippen LogP contribution in [0.1, 0.15) is 31.2 Å². The molecule has 1 aliphatic carbocycles.